The molecule has 0 aliphatic heterocycles. The monoisotopic (exact) mass is 228 g/mol. The van der Waals surface area contributed by atoms with E-state index in [2.05, 4.69) is 10.1 Å². The zero-order valence-corrected chi connectivity index (χ0v) is 9.10. The van der Waals surface area contributed by atoms with Gasteiger partial charge in [0.15, 0.2) is 5.82 Å². The van der Waals surface area contributed by atoms with Crippen LogP contribution in [0.2, 0.25) is 0 Å². The van der Waals surface area contributed by atoms with Crippen molar-refractivity contribution in [2.24, 2.45) is 0 Å². The molecule has 1 atom stereocenters. The van der Waals surface area contributed by atoms with Crippen LogP contribution < -0.4 is 0 Å². The molecule has 14 heavy (non-hydrogen) atoms. The molecule has 6 heteroatoms. The smallest absolute Gasteiger partial charge is 0.223 e. The molecule has 74 valence electrons. The minimum Gasteiger partial charge on any atom is -0.340 e. The average molecular weight is 228 g/mol. The van der Waals surface area contributed by atoms with E-state index in [0.29, 0.717) is 17.5 Å². The van der Waals surface area contributed by atoms with E-state index in [-0.39, 0.29) is 0 Å². The summed E-state index contributed by atoms with van der Waals surface area (Å²) in [4.78, 5) is 3.99. The minimum atomic E-state index is -1.06. The highest BCUT2D eigenvalue weighted by Gasteiger charge is 2.10. The third-order valence-corrected chi connectivity index (χ3v) is 4.16. The minimum absolute atomic E-state index is 0.317. The van der Waals surface area contributed by atoms with Crippen LogP contribution in [0.4, 0.5) is 0 Å². The summed E-state index contributed by atoms with van der Waals surface area (Å²) in [6.45, 7) is 1.71. The van der Waals surface area contributed by atoms with Gasteiger partial charge in [0.2, 0.25) is 5.89 Å². The van der Waals surface area contributed by atoms with Crippen molar-refractivity contribution in [1.82, 2.24) is 10.1 Å². The Hall–Kier alpha value is -1.01. The predicted octanol–water partition coefficient (Wildman–Crippen LogP) is 1.75. The number of rotatable bonds is 3. The van der Waals surface area contributed by atoms with Gasteiger partial charge in [0.25, 0.3) is 0 Å². The Bertz CT molecular complexity index is 436. The van der Waals surface area contributed by atoms with E-state index in [1.54, 1.807) is 6.92 Å². The second-order valence-electron chi connectivity index (χ2n) is 2.65. The van der Waals surface area contributed by atoms with Crippen molar-refractivity contribution >= 4 is 22.1 Å². The first-order chi connectivity index (χ1) is 6.75. The molecule has 0 saturated heterocycles. The molecule has 0 aromatic carbocycles. The van der Waals surface area contributed by atoms with Crippen molar-refractivity contribution < 1.29 is 8.73 Å². The molecule has 0 saturated carbocycles. The molecule has 0 aliphatic carbocycles. The number of aromatic nitrogens is 2. The third-order valence-electron chi connectivity index (χ3n) is 1.55. The molecule has 0 radical (unpaired) electrons. The highest BCUT2D eigenvalue weighted by Crippen LogP contribution is 2.16. The van der Waals surface area contributed by atoms with Crippen molar-refractivity contribution in [3.05, 3.63) is 29.2 Å². The van der Waals surface area contributed by atoms with Crippen LogP contribution in [0.25, 0.3) is 0 Å². The van der Waals surface area contributed by atoms with E-state index >= 15 is 0 Å². The Balaban J connectivity index is 2.09. The van der Waals surface area contributed by atoms with Crippen LogP contribution in [0.3, 0.4) is 0 Å². The quantitative estimate of drug-likeness (QED) is 0.803. The molecule has 2 rings (SSSR count). The molecule has 0 N–H and O–H groups in total. The molecule has 0 fully saturated rings. The van der Waals surface area contributed by atoms with E-state index in [1.807, 2.05) is 17.5 Å². The molecule has 1 unspecified atom stereocenters. The lowest BCUT2D eigenvalue weighted by Crippen LogP contribution is -1.96. The molecule has 2 aromatic heterocycles. The van der Waals surface area contributed by atoms with E-state index < -0.39 is 10.8 Å². The fraction of sp³-hybridized carbons (Fsp3) is 0.250. The van der Waals surface area contributed by atoms with Crippen molar-refractivity contribution in [3.8, 4) is 0 Å². The Kier molecular flexibility index (Phi) is 2.74. The summed E-state index contributed by atoms with van der Waals surface area (Å²) in [7, 11) is -1.06. The zero-order valence-electron chi connectivity index (χ0n) is 7.47. The molecule has 4 nitrogen and oxygen atoms in total. The zero-order chi connectivity index (χ0) is 9.97. The van der Waals surface area contributed by atoms with Gasteiger partial charge in [0.05, 0.1) is 20.8 Å². The topological polar surface area (TPSA) is 56.0 Å². The first-order valence-electron chi connectivity index (χ1n) is 3.97. The predicted molar refractivity (Wildman–Crippen MR) is 53.5 cm³/mol. The van der Waals surface area contributed by atoms with Crippen molar-refractivity contribution in [2.45, 2.75) is 16.9 Å². The number of aryl methyl sites for hydroxylation is 1. The van der Waals surface area contributed by atoms with Gasteiger partial charge in [-0.2, -0.15) is 4.98 Å². The van der Waals surface area contributed by atoms with E-state index in [0.717, 1.165) is 4.21 Å². The molecule has 0 aliphatic rings. The lowest BCUT2D eigenvalue weighted by atomic mass is 10.7. The average Bonchev–Trinajstić information content (AvgIpc) is 2.75. The number of nitrogens with zero attached hydrogens (tertiary/aromatic N) is 2. The summed E-state index contributed by atoms with van der Waals surface area (Å²) >= 11 is 1.47. The van der Waals surface area contributed by atoms with Crippen molar-refractivity contribution in [1.29, 1.82) is 0 Å². The molecule has 2 heterocycles. The summed E-state index contributed by atoms with van der Waals surface area (Å²) in [5.41, 5.74) is 0. The summed E-state index contributed by atoms with van der Waals surface area (Å²) in [6, 6.07) is 3.72. The van der Waals surface area contributed by atoms with Crippen LogP contribution in [-0.4, -0.2) is 14.3 Å². The van der Waals surface area contributed by atoms with Crippen LogP contribution >= 0.6 is 11.3 Å². The van der Waals surface area contributed by atoms with E-state index in [9.17, 15) is 4.21 Å². The van der Waals surface area contributed by atoms with Gasteiger partial charge in [-0.1, -0.05) is 11.2 Å². The Morgan fingerprint density at radius 3 is 3.07 bits per heavy atom. The van der Waals surface area contributed by atoms with Gasteiger partial charge in [-0.25, -0.2) is 0 Å². The first-order valence-corrected chi connectivity index (χ1v) is 6.16. The maximum atomic E-state index is 11.7. The molecular formula is C8H8N2O2S2. The highest BCUT2D eigenvalue weighted by molar-refractivity contribution is 7.86. The van der Waals surface area contributed by atoms with Crippen LogP contribution in [0.15, 0.2) is 26.2 Å². The largest absolute Gasteiger partial charge is 0.340 e. The van der Waals surface area contributed by atoms with E-state index in [1.165, 1.54) is 11.3 Å². The normalized spacial score (nSPS) is 12.9. The summed E-state index contributed by atoms with van der Waals surface area (Å²) in [5.74, 6) is 1.31. The number of hydrogen-bond acceptors (Lipinski definition) is 5. The van der Waals surface area contributed by atoms with Crippen molar-refractivity contribution in [2.75, 3.05) is 0 Å². The van der Waals surface area contributed by atoms with Gasteiger partial charge in [-0.15, -0.1) is 11.3 Å². The Morgan fingerprint density at radius 1 is 1.64 bits per heavy atom. The number of hydrogen-bond donors (Lipinski definition) is 0. The summed E-state index contributed by atoms with van der Waals surface area (Å²) in [5, 5.41) is 5.59. The van der Waals surface area contributed by atoms with Crippen LogP contribution in [0, 0.1) is 6.92 Å². The summed E-state index contributed by atoms with van der Waals surface area (Å²) < 4.78 is 17.3. The maximum Gasteiger partial charge on any atom is 0.223 e. The lowest BCUT2D eigenvalue weighted by molar-refractivity contribution is 0.389. The van der Waals surface area contributed by atoms with Gasteiger partial charge in [-0.3, -0.25) is 4.21 Å². The van der Waals surface area contributed by atoms with Crippen molar-refractivity contribution in [3.63, 3.8) is 0 Å². The van der Waals surface area contributed by atoms with Gasteiger partial charge < -0.3 is 4.52 Å². The first kappa shape index (κ1) is 9.54. The van der Waals surface area contributed by atoms with Gasteiger partial charge in [0.1, 0.15) is 0 Å². The maximum absolute atomic E-state index is 11.7. The second-order valence-corrected chi connectivity index (χ2v) is 5.28. The molecule has 0 bridgehead atoms. The van der Waals surface area contributed by atoms with Crippen LogP contribution in [0.1, 0.15) is 11.7 Å². The molecule has 2 aromatic rings. The van der Waals surface area contributed by atoms with Gasteiger partial charge in [0, 0.05) is 6.92 Å². The highest BCUT2D eigenvalue weighted by atomic mass is 32.2. The molecule has 0 spiro atoms. The Morgan fingerprint density at radius 2 is 2.50 bits per heavy atom. The van der Waals surface area contributed by atoms with Gasteiger partial charge in [-0.05, 0) is 11.4 Å². The van der Waals surface area contributed by atoms with Crippen LogP contribution in [-0.2, 0) is 16.6 Å². The SMILES string of the molecule is Cc1nc(CS(=O)c2cccs2)no1. The fourth-order valence-electron chi connectivity index (χ4n) is 0.981. The standard InChI is InChI=1S/C8H8N2O2S2/c1-6-9-7(10-12-6)5-14(11)8-3-2-4-13-8/h2-4H,5H2,1H3. The van der Waals surface area contributed by atoms with Crippen LogP contribution in [0.5, 0.6) is 0 Å². The lowest BCUT2D eigenvalue weighted by Gasteiger charge is -1.92. The second kappa shape index (κ2) is 4.02. The van der Waals surface area contributed by atoms with E-state index in [4.69, 9.17) is 4.52 Å². The number of thiophene rings is 1. The molecule has 0 amide bonds. The molecular weight excluding hydrogens is 220 g/mol. The summed E-state index contributed by atoms with van der Waals surface area (Å²) in [6.07, 6.45) is 0. The van der Waals surface area contributed by atoms with Gasteiger partial charge >= 0.3 is 0 Å². The third kappa shape index (κ3) is 2.08. The fourth-order valence-corrected chi connectivity index (χ4v) is 2.93. The Labute approximate surface area is 87.4 Å².